The lowest BCUT2D eigenvalue weighted by molar-refractivity contribution is 0.631. The lowest BCUT2D eigenvalue weighted by atomic mass is 10.1. The van der Waals surface area contributed by atoms with Crippen LogP contribution in [0.4, 0.5) is 5.82 Å². The fourth-order valence-corrected chi connectivity index (χ4v) is 1.34. The van der Waals surface area contributed by atoms with Gasteiger partial charge in [0.1, 0.15) is 5.82 Å². The number of aromatic nitrogens is 1. The number of nitrogens with two attached hydrogens (primary N) is 2. The summed E-state index contributed by atoms with van der Waals surface area (Å²) in [6.07, 6.45) is 4.29. The maximum atomic E-state index is 5.97. The second-order valence-corrected chi connectivity index (χ2v) is 3.38. The van der Waals surface area contributed by atoms with Crippen LogP contribution in [0.3, 0.4) is 0 Å². The van der Waals surface area contributed by atoms with Gasteiger partial charge in [0.15, 0.2) is 0 Å². The minimum atomic E-state index is 0.165. The van der Waals surface area contributed by atoms with Gasteiger partial charge in [0.25, 0.3) is 0 Å². The zero-order valence-corrected chi connectivity index (χ0v) is 6.90. The van der Waals surface area contributed by atoms with Crippen LogP contribution in [0.2, 0.25) is 0 Å². The zero-order valence-electron chi connectivity index (χ0n) is 6.90. The maximum absolute atomic E-state index is 5.97. The highest BCUT2D eigenvalue weighted by Crippen LogP contribution is 2.39. The molecule has 0 radical (unpaired) electrons. The molecule has 2 rings (SSSR count). The second-order valence-electron chi connectivity index (χ2n) is 3.38. The van der Waals surface area contributed by atoms with E-state index in [9.17, 15) is 0 Å². The van der Waals surface area contributed by atoms with E-state index in [0.717, 1.165) is 5.56 Å². The topological polar surface area (TPSA) is 64.9 Å². The van der Waals surface area contributed by atoms with E-state index >= 15 is 0 Å². The van der Waals surface area contributed by atoms with Crippen LogP contribution >= 0.6 is 0 Å². The minimum Gasteiger partial charge on any atom is -0.384 e. The molecule has 0 saturated heterocycles. The summed E-state index contributed by atoms with van der Waals surface area (Å²) in [7, 11) is 0. The summed E-state index contributed by atoms with van der Waals surface area (Å²) < 4.78 is 0. The Morgan fingerprint density at radius 3 is 2.67 bits per heavy atom. The smallest absolute Gasteiger partial charge is 0.123 e. The van der Waals surface area contributed by atoms with Crippen molar-refractivity contribution in [1.29, 1.82) is 0 Å². The lowest BCUT2D eigenvalue weighted by Crippen LogP contribution is -2.12. The molecule has 1 atom stereocenters. The van der Waals surface area contributed by atoms with Crippen LogP contribution in [0.1, 0.15) is 24.4 Å². The van der Waals surface area contributed by atoms with Crippen LogP contribution in [0.15, 0.2) is 18.3 Å². The van der Waals surface area contributed by atoms with E-state index < -0.39 is 0 Å². The van der Waals surface area contributed by atoms with Gasteiger partial charge in [-0.3, -0.25) is 0 Å². The predicted octanol–water partition coefficient (Wildman–Crippen LogP) is 1.07. The van der Waals surface area contributed by atoms with Gasteiger partial charge in [-0.1, -0.05) is 6.07 Å². The molecule has 1 saturated carbocycles. The monoisotopic (exact) mass is 163 g/mol. The van der Waals surface area contributed by atoms with Crippen molar-refractivity contribution < 1.29 is 0 Å². The van der Waals surface area contributed by atoms with Crippen LogP contribution in [-0.4, -0.2) is 4.98 Å². The number of anilines is 1. The van der Waals surface area contributed by atoms with Gasteiger partial charge < -0.3 is 11.5 Å². The first-order chi connectivity index (χ1) is 5.77. The Hall–Kier alpha value is -1.09. The molecule has 1 fully saturated rings. The van der Waals surface area contributed by atoms with Crippen LogP contribution in [0, 0.1) is 5.92 Å². The summed E-state index contributed by atoms with van der Waals surface area (Å²) in [4.78, 5) is 4.01. The van der Waals surface area contributed by atoms with Crippen LogP contribution < -0.4 is 11.5 Å². The molecule has 4 N–H and O–H groups in total. The minimum absolute atomic E-state index is 0.165. The van der Waals surface area contributed by atoms with Crippen molar-refractivity contribution in [2.75, 3.05) is 5.73 Å². The standard InChI is InChI=1S/C9H13N3/c10-8-4-3-7(5-12-8)9(11)6-1-2-6/h3-6,9H,1-2,11H2,(H2,10,12)/t9-/m0/s1. The van der Waals surface area contributed by atoms with E-state index in [0.29, 0.717) is 11.7 Å². The van der Waals surface area contributed by atoms with E-state index in [1.165, 1.54) is 12.8 Å². The summed E-state index contributed by atoms with van der Waals surface area (Å²) >= 11 is 0. The first kappa shape index (κ1) is 7.55. The molecule has 0 aromatic carbocycles. The molecule has 3 heteroatoms. The number of hydrogen-bond acceptors (Lipinski definition) is 3. The Balaban J connectivity index is 2.16. The van der Waals surface area contributed by atoms with Gasteiger partial charge >= 0.3 is 0 Å². The van der Waals surface area contributed by atoms with E-state index in [2.05, 4.69) is 4.98 Å². The first-order valence-electron chi connectivity index (χ1n) is 4.24. The molecule has 1 heterocycles. The highest BCUT2D eigenvalue weighted by atomic mass is 14.8. The molecule has 3 nitrogen and oxygen atoms in total. The van der Waals surface area contributed by atoms with Crippen molar-refractivity contribution >= 4 is 5.82 Å². The number of pyridine rings is 1. The van der Waals surface area contributed by atoms with Gasteiger partial charge in [-0.25, -0.2) is 4.98 Å². The molecular formula is C9H13N3. The van der Waals surface area contributed by atoms with Crippen molar-refractivity contribution in [3.63, 3.8) is 0 Å². The van der Waals surface area contributed by atoms with Gasteiger partial charge in [0, 0.05) is 12.2 Å². The zero-order chi connectivity index (χ0) is 8.55. The fourth-order valence-electron chi connectivity index (χ4n) is 1.34. The van der Waals surface area contributed by atoms with Crippen molar-refractivity contribution in [2.24, 2.45) is 11.7 Å². The van der Waals surface area contributed by atoms with Gasteiger partial charge in [0.05, 0.1) is 0 Å². The molecule has 0 bridgehead atoms. The average Bonchev–Trinajstić information content (AvgIpc) is 2.87. The summed E-state index contributed by atoms with van der Waals surface area (Å²) in [6.45, 7) is 0. The lowest BCUT2D eigenvalue weighted by Gasteiger charge is -2.09. The molecule has 1 aromatic rings. The summed E-state index contributed by atoms with van der Waals surface area (Å²) in [5, 5.41) is 0. The second kappa shape index (κ2) is 2.75. The molecule has 1 aromatic heterocycles. The van der Waals surface area contributed by atoms with Crippen molar-refractivity contribution in [2.45, 2.75) is 18.9 Å². The molecule has 0 amide bonds. The molecule has 0 unspecified atom stereocenters. The van der Waals surface area contributed by atoms with Gasteiger partial charge in [-0.05, 0) is 30.4 Å². The Kier molecular flexibility index (Phi) is 1.73. The SMILES string of the molecule is Nc1ccc([C@@H](N)C2CC2)cn1. The highest BCUT2D eigenvalue weighted by Gasteiger charge is 2.29. The predicted molar refractivity (Wildman–Crippen MR) is 48.3 cm³/mol. The Morgan fingerprint density at radius 1 is 1.42 bits per heavy atom. The third-order valence-electron chi connectivity index (χ3n) is 2.32. The van der Waals surface area contributed by atoms with Crippen molar-refractivity contribution in [1.82, 2.24) is 4.98 Å². The fraction of sp³-hybridized carbons (Fsp3) is 0.444. The van der Waals surface area contributed by atoms with Gasteiger partial charge in [-0.2, -0.15) is 0 Å². The Morgan fingerprint density at radius 2 is 2.17 bits per heavy atom. The van der Waals surface area contributed by atoms with Gasteiger partial charge in [-0.15, -0.1) is 0 Å². The van der Waals surface area contributed by atoms with Crippen molar-refractivity contribution in [3.8, 4) is 0 Å². The first-order valence-corrected chi connectivity index (χ1v) is 4.24. The van der Waals surface area contributed by atoms with E-state index in [-0.39, 0.29) is 6.04 Å². The Bertz CT molecular complexity index is 264. The average molecular weight is 163 g/mol. The largest absolute Gasteiger partial charge is 0.384 e. The quantitative estimate of drug-likeness (QED) is 0.685. The maximum Gasteiger partial charge on any atom is 0.123 e. The molecule has 64 valence electrons. The third-order valence-corrected chi connectivity index (χ3v) is 2.32. The van der Waals surface area contributed by atoms with E-state index in [4.69, 9.17) is 11.5 Å². The van der Waals surface area contributed by atoms with Crippen molar-refractivity contribution in [3.05, 3.63) is 23.9 Å². The van der Waals surface area contributed by atoms with Crippen LogP contribution in [0.5, 0.6) is 0 Å². The van der Waals surface area contributed by atoms with Crippen LogP contribution in [-0.2, 0) is 0 Å². The summed E-state index contributed by atoms with van der Waals surface area (Å²) in [5.74, 6) is 1.23. The normalized spacial score (nSPS) is 19.1. The molecule has 0 spiro atoms. The molecule has 0 aliphatic heterocycles. The highest BCUT2D eigenvalue weighted by molar-refractivity contribution is 5.31. The number of rotatable bonds is 2. The molecule has 12 heavy (non-hydrogen) atoms. The molecular weight excluding hydrogens is 150 g/mol. The summed E-state index contributed by atoms with van der Waals surface area (Å²) in [5.41, 5.74) is 12.5. The molecule has 1 aliphatic rings. The molecule has 1 aliphatic carbocycles. The number of nitrogens with zero attached hydrogens (tertiary/aromatic N) is 1. The number of nitrogen functional groups attached to an aromatic ring is 1. The van der Waals surface area contributed by atoms with E-state index in [1.54, 1.807) is 12.3 Å². The Labute approximate surface area is 71.8 Å². The van der Waals surface area contributed by atoms with Gasteiger partial charge in [0.2, 0.25) is 0 Å². The van der Waals surface area contributed by atoms with Crippen LogP contribution in [0.25, 0.3) is 0 Å². The number of hydrogen-bond donors (Lipinski definition) is 2. The third kappa shape index (κ3) is 1.41. The summed E-state index contributed by atoms with van der Waals surface area (Å²) in [6, 6.07) is 3.93. The van der Waals surface area contributed by atoms with E-state index in [1.807, 2.05) is 6.07 Å².